The largest absolute Gasteiger partial charge is 0.545 e. The normalized spacial score (nSPS) is 41.4. The number of ether oxygens (including phenoxy) is 1. The third kappa shape index (κ3) is 2.11. The van der Waals surface area contributed by atoms with E-state index in [-0.39, 0.29) is 18.6 Å². The van der Waals surface area contributed by atoms with E-state index >= 15 is 0 Å². The van der Waals surface area contributed by atoms with E-state index in [0.29, 0.717) is 12.2 Å². The Hall–Kier alpha value is -1.46. The van der Waals surface area contributed by atoms with Crippen molar-refractivity contribution < 1.29 is 24.5 Å². The van der Waals surface area contributed by atoms with E-state index in [1.807, 2.05) is 6.92 Å². The van der Waals surface area contributed by atoms with Gasteiger partial charge in [0.25, 0.3) is 0 Å². The summed E-state index contributed by atoms with van der Waals surface area (Å²) in [6.45, 7) is 5.45. The van der Waals surface area contributed by atoms with Crippen LogP contribution in [0.3, 0.4) is 0 Å². The van der Waals surface area contributed by atoms with Crippen molar-refractivity contribution in [1.82, 2.24) is 0 Å². The molecule has 110 valence electrons. The summed E-state index contributed by atoms with van der Waals surface area (Å²) in [4.78, 5) is 22.3. The molecule has 1 saturated heterocycles. The molecule has 0 amide bonds. The Morgan fingerprint density at radius 3 is 2.60 bits per heavy atom. The summed E-state index contributed by atoms with van der Waals surface area (Å²) in [6.07, 6.45) is 4.47. The summed E-state index contributed by atoms with van der Waals surface area (Å²) in [6, 6.07) is 0. The molecule has 1 N–H and O–H groups in total. The Labute approximate surface area is 117 Å². The van der Waals surface area contributed by atoms with Gasteiger partial charge in [0.2, 0.25) is 0 Å². The highest BCUT2D eigenvalue weighted by Crippen LogP contribution is 2.56. The smallest absolute Gasteiger partial charge is 0.136 e. The molecule has 20 heavy (non-hydrogen) atoms. The minimum Gasteiger partial charge on any atom is -0.545 e. The zero-order valence-corrected chi connectivity index (χ0v) is 11.9. The molecule has 1 aliphatic heterocycles. The molecule has 5 heteroatoms. The third-order valence-corrected chi connectivity index (χ3v) is 4.49. The summed E-state index contributed by atoms with van der Waals surface area (Å²) in [7, 11) is 0. The number of hydrogen-bond donors (Lipinski definition) is 1. The van der Waals surface area contributed by atoms with Gasteiger partial charge < -0.3 is 19.7 Å². The first kappa shape index (κ1) is 14.9. The Morgan fingerprint density at radius 2 is 2.05 bits per heavy atom. The highest BCUT2D eigenvalue weighted by Gasteiger charge is 2.67. The predicted octanol–water partition coefficient (Wildman–Crippen LogP) is 0.128. The van der Waals surface area contributed by atoms with Crippen molar-refractivity contribution in [1.29, 1.82) is 0 Å². The molecule has 5 nitrogen and oxygen atoms in total. The summed E-state index contributed by atoms with van der Waals surface area (Å²) >= 11 is 0. The second-order valence-corrected chi connectivity index (χ2v) is 6.28. The van der Waals surface area contributed by atoms with Gasteiger partial charge in [0.05, 0.1) is 12.6 Å². The Kier molecular flexibility index (Phi) is 3.38. The Balaban J connectivity index is 2.36. The third-order valence-electron chi connectivity index (χ3n) is 4.49. The SMILES string of the molecule is CC(=C/C(=O)[O-])/C=C/[C@]1(O)[C@@]2(C)CO[C@]1(C)CC(=O)C2. The molecule has 0 aromatic heterocycles. The molecule has 2 aliphatic rings. The first-order valence-corrected chi connectivity index (χ1v) is 6.58. The van der Waals surface area contributed by atoms with E-state index in [4.69, 9.17) is 4.74 Å². The van der Waals surface area contributed by atoms with Crippen LogP contribution in [0.5, 0.6) is 0 Å². The van der Waals surface area contributed by atoms with Crippen molar-refractivity contribution in [3.05, 3.63) is 23.8 Å². The van der Waals surface area contributed by atoms with Crippen LogP contribution in [0.1, 0.15) is 33.6 Å². The molecular formula is C15H19O5-. The number of fused-ring (bicyclic) bond motifs is 2. The number of allylic oxidation sites excluding steroid dienone is 2. The number of carboxylic acid groups (broad SMARTS) is 1. The monoisotopic (exact) mass is 279 g/mol. The second kappa shape index (κ2) is 4.53. The van der Waals surface area contributed by atoms with E-state index in [1.165, 1.54) is 6.08 Å². The summed E-state index contributed by atoms with van der Waals surface area (Å²) < 4.78 is 5.70. The number of carboxylic acids is 1. The average molecular weight is 279 g/mol. The number of rotatable bonds is 3. The van der Waals surface area contributed by atoms with Crippen molar-refractivity contribution >= 4 is 11.8 Å². The number of aliphatic hydroxyl groups is 1. The number of hydrogen-bond acceptors (Lipinski definition) is 5. The highest BCUT2D eigenvalue weighted by molar-refractivity contribution is 5.83. The fourth-order valence-corrected chi connectivity index (χ4v) is 3.29. The molecule has 3 atom stereocenters. The quantitative estimate of drug-likeness (QED) is 0.586. The second-order valence-electron chi connectivity index (χ2n) is 6.28. The molecule has 2 fully saturated rings. The summed E-state index contributed by atoms with van der Waals surface area (Å²) in [5.41, 5.74) is -2.48. The van der Waals surface area contributed by atoms with Gasteiger partial charge in [0.15, 0.2) is 0 Å². The lowest BCUT2D eigenvalue weighted by Gasteiger charge is -2.47. The van der Waals surface area contributed by atoms with E-state index in [1.54, 1.807) is 19.9 Å². The zero-order valence-electron chi connectivity index (χ0n) is 11.9. The van der Waals surface area contributed by atoms with Gasteiger partial charge in [-0.15, -0.1) is 0 Å². The molecule has 2 bridgehead atoms. The maximum absolute atomic E-state index is 11.8. The van der Waals surface area contributed by atoms with Gasteiger partial charge in [-0.05, 0) is 31.6 Å². The number of aliphatic carboxylic acids is 1. The molecule has 0 unspecified atom stereocenters. The molecule has 2 rings (SSSR count). The van der Waals surface area contributed by atoms with Gasteiger partial charge in [-0.3, -0.25) is 4.79 Å². The molecule has 1 aliphatic carbocycles. The molecule has 0 spiro atoms. The lowest BCUT2D eigenvalue weighted by Crippen LogP contribution is -2.60. The standard InChI is InChI=1S/C15H20O5/c1-10(6-12(17)18)4-5-15(19)13(2)7-11(16)8-14(15,3)20-9-13/h4-6,19H,7-9H2,1-3H3,(H,17,18)/p-1/b5-4+,10-6-/t13-,14-,15+/m1/s1. The van der Waals surface area contributed by atoms with Crippen LogP contribution in [0.4, 0.5) is 0 Å². The zero-order chi connectivity index (χ0) is 15.2. The van der Waals surface area contributed by atoms with E-state index in [0.717, 1.165) is 6.08 Å². The van der Waals surface area contributed by atoms with Crippen LogP contribution < -0.4 is 5.11 Å². The number of carbonyl (C=O) groups excluding carboxylic acids is 2. The number of Topliss-reactive ketones (excluding diaryl/α,β-unsaturated/α-hetero) is 1. The molecule has 0 aromatic carbocycles. The van der Waals surface area contributed by atoms with Crippen molar-refractivity contribution in [2.24, 2.45) is 5.41 Å². The van der Waals surface area contributed by atoms with Gasteiger partial charge in [-0.1, -0.05) is 13.0 Å². The predicted molar refractivity (Wildman–Crippen MR) is 69.6 cm³/mol. The minimum absolute atomic E-state index is 0.0765. The van der Waals surface area contributed by atoms with E-state index in [9.17, 15) is 19.8 Å². The molecule has 1 heterocycles. The maximum atomic E-state index is 11.8. The minimum atomic E-state index is -1.30. The molecular weight excluding hydrogens is 260 g/mol. The van der Waals surface area contributed by atoms with Crippen LogP contribution >= 0.6 is 0 Å². The lowest BCUT2D eigenvalue weighted by atomic mass is 9.59. The van der Waals surface area contributed by atoms with Crippen LogP contribution in [0.2, 0.25) is 0 Å². The molecule has 1 saturated carbocycles. The van der Waals surface area contributed by atoms with Crippen LogP contribution in [-0.4, -0.2) is 34.7 Å². The average Bonchev–Trinajstić information content (AvgIpc) is 2.43. The maximum Gasteiger partial charge on any atom is 0.136 e. The summed E-state index contributed by atoms with van der Waals surface area (Å²) in [5.74, 6) is -1.21. The topological polar surface area (TPSA) is 86.7 Å². The van der Waals surface area contributed by atoms with Crippen LogP contribution in [0.25, 0.3) is 0 Å². The molecule has 0 aromatic rings. The van der Waals surface area contributed by atoms with Crippen molar-refractivity contribution in [3.63, 3.8) is 0 Å². The lowest BCUT2D eigenvalue weighted by molar-refractivity contribution is -0.297. The molecule has 0 radical (unpaired) electrons. The number of ketones is 1. The first-order chi connectivity index (χ1) is 9.12. The van der Waals surface area contributed by atoms with Gasteiger partial charge in [-0.2, -0.15) is 0 Å². The Bertz CT molecular complexity index is 496. The van der Waals surface area contributed by atoms with Crippen LogP contribution in [-0.2, 0) is 14.3 Å². The van der Waals surface area contributed by atoms with Gasteiger partial charge in [0, 0.05) is 18.3 Å². The van der Waals surface area contributed by atoms with Crippen LogP contribution in [0.15, 0.2) is 23.8 Å². The van der Waals surface area contributed by atoms with Crippen molar-refractivity contribution in [3.8, 4) is 0 Å². The van der Waals surface area contributed by atoms with Crippen molar-refractivity contribution in [2.75, 3.05) is 6.61 Å². The van der Waals surface area contributed by atoms with Gasteiger partial charge in [-0.25, -0.2) is 0 Å². The fraction of sp³-hybridized carbons (Fsp3) is 0.600. The Morgan fingerprint density at radius 1 is 1.40 bits per heavy atom. The van der Waals surface area contributed by atoms with E-state index in [2.05, 4.69) is 0 Å². The number of carbonyl (C=O) groups is 2. The summed E-state index contributed by atoms with van der Waals surface area (Å²) in [5, 5.41) is 21.5. The van der Waals surface area contributed by atoms with Gasteiger partial charge >= 0.3 is 0 Å². The van der Waals surface area contributed by atoms with Gasteiger partial charge in [0.1, 0.15) is 17.0 Å². The van der Waals surface area contributed by atoms with Crippen molar-refractivity contribution in [2.45, 2.75) is 44.8 Å². The highest BCUT2D eigenvalue weighted by atomic mass is 16.5. The van der Waals surface area contributed by atoms with E-state index < -0.39 is 22.6 Å². The van der Waals surface area contributed by atoms with Crippen LogP contribution in [0, 0.1) is 5.41 Å². The first-order valence-electron chi connectivity index (χ1n) is 6.58. The fourth-order valence-electron chi connectivity index (χ4n) is 3.29.